The molecular weight excluding hydrogens is 406 g/mol. The highest BCUT2D eigenvalue weighted by Gasteiger charge is 2.44. The lowest BCUT2D eigenvalue weighted by Crippen LogP contribution is -2.43. The first kappa shape index (κ1) is 21.9. The van der Waals surface area contributed by atoms with Crippen LogP contribution in [0.3, 0.4) is 0 Å². The Kier molecular flexibility index (Phi) is 5.96. The van der Waals surface area contributed by atoms with E-state index in [2.05, 4.69) is 65.8 Å². The molecule has 2 aromatic heterocycles. The first-order valence-corrected chi connectivity index (χ1v) is 10.8. The number of hydrogen-bond donors (Lipinski definition) is 0. The highest BCUT2D eigenvalue weighted by atomic mass is 19.1. The number of nitrogens with zero attached hydrogens (tertiary/aromatic N) is 4. The second-order valence-corrected chi connectivity index (χ2v) is 8.76. The lowest BCUT2D eigenvalue weighted by molar-refractivity contribution is 0.205. The van der Waals surface area contributed by atoms with Crippen molar-refractivity contribution in [2.24, 2.45) is 13.0 Å². The molecule has 32 heavy (non-hydrogen) atoms. The van der Waals surface area contributed by atoms with Crippen LogP contribution in [-0.2, 0) is 19.0 Å². The molecule has 2 unspecified atom stereocenters. The zero-order chi connectivity index (χ0) is 22.9. The highest BCUT2D eigenvalue weighted by Crippen LogP contribution is 2.47. The molecule has 4 nitrogen and oxygen atoms in total. The van der Waals surface area contributed by atoms with Crippen molar-refractivity contribution in [1.82, 2.24) is 19.3 Å². The minimum atomic E-state index is -0.669. The summed E-state index contributed by atoms with van der Waals surface area (Å²) >= 11 is 0. The molecule has 0 spiro atoms. The van der Waals surface area contributed by atoms with E-state index in [9.17, 15) is 4.39 Å². The van der Waals surface area contributed by atoms with Gasteiger partial charge in [0.2, 0.25) is 0 Å². The van der Waals surface area contributed by atoms with Gasteiger partial charge in [0, 0.05) is 30.4 Å². The second-order valence-electron chi connectivity index (χ2n) is 8.76. The molecule has 2 aromatic carbocycles. The quantitative estimate of drug-likeness (QED) is 0.360. The molecule has 2 atom stereocenters. The van der Waals surface area contributed by atoms with Crippen molar-refractivity contribution in [3.8, 4) is 11.3 Å². The number of aromatic nitrogens is 4. The Balaban J connectivity index is 1.82. The third-order valence-electron chi connectivity index (χ3n) is 6.78. The summed E-state index contributed by atoms with van der Waals surface area (Å²) < 4.78 is 32.8. The van der Waals surface area contributed by atoms with E-state index < -0.39 is 17.0 Å². The molecule has 4 aromatic rings. The van der Waals surface area contributed by atoms with Crippen LogP contribution in [0.4, 0.5) is 8.78 Å². The van der Waals surface area contributed by atoms with E-state index in [1.54, 1.807) is 17.1 Å². The first-order valence-electron chi connectivity index (χ1n) is 10.8. The van der Waals surface area contributed by atoms with Gasteiger partial charge in [-0.3, -0.25) is 4.68 Å². The van der Waals surface area contributed by atoms with E-state index in [1.165, 1.54) is 12.4 Å². The molecule has 0 radical (unpaired) electrons. The van der Waals surface area contributed by atoms with Crippen LogP contribution in [0, 0.1) is 17.6 Å². The van der Waals surface area contributed by atoms with Crippen molar-refractivity contribution in [3.63, 3.8) is 0 Å². The molecule has 0 bridgehead atoms. The predicted molar refractivity (Wildman–Crippen MR) is 122 cm³/mol. The number of rotatable bonds is 7. The molecule has 4 rings (SSSR count). The normalized spacial score (nSPS) is 14.5. The number of hydrogen-bond acceptors (Lipinski definition) is 2. The maximum absolute atomic E-state index is 15.2. The Morgan fingerprint density at radius 2 is 1.75 bits per heavy atom. The molecule has 0 amide bonds. The van der Waals surface area contributed by atoms with E-state index in [-0.39, 0.29) is 11.8 Å². The van der Waals surface area contributed by atoms with Gasteiger partial charge < -0.3 is 4.57 Å². The zero-order valence-electron chi connectivity index (χ0n) is 18.8. The van der Waals surface area contributed by atoms with Crippen molar-refractivity contribution in [3.05, 3.63) is 96.2 Å². The molecule has 0 aliphatic rings. The number of halogens is 2. The SMILES string of the molecule is CC(C)C(Cn1cncn1)(c1ccc(F)cc1F)C(C)c1ccc(-c2cccn2C)cc1. The van der Waals surface area contributed by atoms with E-state index in [1.807, 2.05) is 19.3 Å². The van der Waals surface area contributed by atoms with Gasteiger partial charge in [0.25, 0.3) is 0 Å². The van der Waals surface area contributed by atoms with Crippen molar-refractivity contribution in [2.75, 3.05) is 0 Å². The molecule has 6 heteroatoms. The van der Waals surface area contributed by atoms with Crippen LogP contribution in [-0.4, -0.2) is 19.3 Å². The lowest BCUT2D eigenvalue weighted by atomic mass is 9.61. The summed E-state index contributed by atoms with van der Waals surface area (Å²) in [6.45, 7) is 6.69. The van der Waals surface area contributed by atoms with Gasteiger partial charge >= 0.3 is 0 Å². The summed E-state index contributed by atoms with van der Waals surface area (Å²) in [5, 5.41) is 4.30. The third-order valence-corrected chi connectivity index (χ3v) is 6.78. The van der Waals surface area contributed by atoms with Gasteiger partial charge in [0.15, 0.2) is 0 Å². The summed E-state index contributed by atoms with van der Waals surface area (Å²) in [7, 11) is 2.02. The van der Waals surface area contributed by atoms with Crippen LogP contribution >= 0.6 is 0 Å². The number of aryl methyl sites for hydroxylation is 1. The van der Waals surface area contributed by atoms with E-state index in [0.29, 0.717) is 12.1 Å². The Bertz CT molecular complexity index is 1180. The van der Waals surface area contributed by atoms with Gasteiger partial charge in [-0.25, -0.2) is 13.8 Å². The Hall–Kier alpha value is -3.28. The molecule has 166 valence electrons. The molecule has 2 heterocycles. The fourth-order valence-electron chi connectivity index (χ4n) is 4.90. The van der Waals surface area contributed by atoms with Crippen LogP contribution in [0.15, 0.2) is 73.4 Å². The van der Waals surface area contributed by atoms with Crippen molar-refractivity contribution in [1.29, 1.82) is 0 Å². The maximum atomic E-state index is 15.2. The van der Waals surface area contributed by atoms with Gasteiger partial charge in [0.05, 0.1) is 6.54 Å². The molecule has 0 saturated heterocycles. The fraction of sp³-hybridized carbons (Fsp3) is 0.308. The maximum Gasteiger partial charge on any atom is 0.137 e. The average molecular weight is 435 g/mol. The van der Waals surface area contributed by atoms with Crippen LogP contribution in [0.1, 0.15) is 37.8 Å². The fourth-order valence-corrected chi connectivity index (χ4v) is 4.90. The Morgan fingerprint density at radius 1 is 1.00 bits per heavy atom. The van der Waals surface area contributed by atoms with Crippen LogP contribution in [0.2, 0.25) is 0 Å². The smallest absolute Gasteiger partial charge is 0.137 e. The average Bonchev–Trinajstić information content (AvgIpc) is 3.43. The van der Waals surface area contributed by atoms with Crippen LogP contribution in [0.25, 0.3) is 11.3 Å². The molecule has 0 aliphatic carbocycles. The summed E-state index contributed by atoms with van der Waals surface area (Å²) in [5.41, 5.74) is 3.15. The monoisotopic (exact) mass is 434 g/mol. The van der Waals surface area contributed by atoms with Gasteiger partial charge in [0.1, 0.15) is 24.3 Å². The van der Waals surface area contributed by atoms with Crippen molar-refractivity contribution in [2.45, 2.75) is 38.6 Å². The van der Waals surface area contributed by atoms with E-state index in [4.69, 9.17) is 0 Å². The van der Waals surface area contributed by atoms with Crippen molar-refractivity contribution >= 4 is 0 Å². The molecule has 0 saturated carbocycles. The largest absolute Gasteiger partial charge is 0.351 e. The van der Waals surface area contributed by atoms with Crippen molar-refractivity contribution < 1.29 is 8.78 Å². The molecular formula is C26H28F2N4. The standard InChI is InChI=1S/C26H28F2N4/c1-18(2)26(15-32-17-29-16-30-32,23-12-11-22(27)14-24(23)28)19(3)20-7-9-21(10-8-20)25-6-5-13-31(25)4/h5-14,16-19H,15H2,1-4H3. The van der Waals surface area contributed by atoms with Gasteiger partial charge in [-0.05, 0) is 46.7 Å². The van der Waals surface area contributed by atoms with E-state index in [0.717, 1.165) is 22.9 Å². The summed E-state index contributed by atoms with van der Waals surface area (Å²) in [6.07, 6.45) is 5.14. The molecule has 0 fully saturated rings. The Labute approximate surface area is 187 Å². The summed E-state index contributed by atoms with van der Waals surface area (Å²) in [5.74, 6) is -1.15. The highest BCUT2D eigenvalue weighted by molar-refractivity contribution is 5.60. The number of benzene rings is 2. The lowest BCUT2D eigenvalue weighted by Gasteiger charge is -2.43. The molecule has 0 N–H and O–H groups in total. The zero-order valence-corrected chi connectivity index (χ0v) is 18.8. The predicted octanol–water partition coefficient (Wildman–Crippen LogP) is 5.96. The van der Waals surface area contributed by atoms with E-state index >= 15 is 4.39 Å². The minimum absolute atomic E-state index is 0.0363. The third kappa shape index (κ3) is 3.85. The molecule has 0 aliphatic heterocycles. The van der Waals surface area contributed by atoms with Gasteiger partial charge in [-0.15, -0.1) is 0 Å². The first-order chi connectivity index (χ1) is 15.3. The summed E-state index contributed by atoms with van der Waals surface area (Å²) in [4.78, 5) is 4.07. The summed E-state index contributed by atoms with van der Waals surface area (Å²) in [6, 6.07) is 16.4. The second kappa shape index (κ2) is 8.69. The van der Waals surface area contributed by atoms with Crippen LogP contribution in [0.5, 0.6) is 0 Å². The minimum Gasteiger partial charge on any atom is -0.351 e. The van der Waals surface area contributed by atoms with Gasteiger partial charge in [-0.2, -0.15) is 5.10 Å². The Morgan fingerprint density at radius 3 is 2.31 bits per heavy atom. The van der Waals surface area contributed by atoms with Gasteiger partial charge in [-0.1, -0.05) is 51.1 Å². The van der Waals surface area contributed by atoms with Crippen LogP contribution < -0.4 is 0 Å². The topological polar surface area (TPSA) is 35.6 Å².